The van der Waals surface area contributed by atoms with Crippen LogP contribution in [0, 0.1) is 6.92 Å². The predicted molar refractivity (Wildman–Crippen MR) is 64.8 cm³/mol. The summed E-state index contributed by atoms with van der Waals surface area (Å²) < 4.78 is 0. The van der Waals surface area contributed by atoms with Gasteiger partial charge in [-0.15, -0.1) is 0 Å². The van der Waals surface area contributed by atoms with Crippen LogP contribution < -0.4 is 0 Å². The molecule has 2 heterocycles. The Kier molecular flexibility index (Phi) is 3.43. The Morgan fingerprint density at radius 2 is 2.41 bits per heavy atom. The van der Waals surface area contributed by atoms with Gasteiger partial charge in [-0.25, -0.2) is 0 Å². The van der Waals surface area contributed by atoms with Crippen molar-refractivity contribution < 1.29 is 9.90 Å². The number of aliphatic carboxylic acids is 1. The van der Waals surface area contributed by atoms with E-state index in [4.69, 9.17) is 0 Å². The fraction of sp³-hybridized carbons (Fsp3) is 0.538. The van der Waals surface area contributed by atoms with Gasteiger partial charge < -0.3 is 5.11 Å². The highest BCUT2D eigenvalue weighted by Crippen LogP contribution is 2.29. The number of hydrogen-bond acceptors (Lipinski definition) is 3. The molecule has 0 saturated carbocycles. The lowest BCUT2D eigenvalue weighted by Crippen LogP contribution is -2.38. The quantitative estimate of drug-likeness (QED) is 0.869. The number of carboxylic acid groups (broad SMARTS) is 1. The number of carboxylic acids is 1. The molecule has 0 bridgehead atoms. The van der Waals surface area contributed by atoms with E-state index in [1.165, 1.54) is 0 Å². The first kappa shape index (κ1) is 12.0. The number of aromatic nitrogens is 1. The van der Waals surface area contributed by atoms with Gasteiger partial charge in [0.2, 0.25) is 0 Å². The average Bonchev–Trinajstić information content (AvgIpc) is 2.77. The first-order valence-electron chi connectivity index (χ1n) is 6.01. The highest BCUT2D eigenvalue weighted by molar-refractivity contribution is 5.73. The van der Waals surface area contributed by atoms with Gasteiger partial charge in [0.1, 0.15) is 6.04 Å². The largest absolute Gasteiger partial charge is 0.480 e. The third kappa shape index (κ3) is 2.31. The van der Waals surface area contributed by atoms with Crippen LogP contribution >= 0.6 is 0 Å². The van der Waals surface area contributed by atoms with Crippen molar-refractivity contribution in [1.82, 2.24) is 9.88 Å². The van der Waals surface area contributed by atoms with Crippen LogP contribution in [0.5, 0.6) is 0 Å². The minimum Gasteiger partial charge on any atom is -0.480 e. The Morgan fingerprint density at radius 1 is 1.65 bits per heavy atom. The number of nitrogens with zero attached hydrogens (tertiary/aromatic N) is 2. The number of pyridine rings is 1. The molecule has 0 spiro atoms. The standard InChI is InChI=1S/C13H18N2O2/c1-9-5-3-7-14-12(9)10(2)15-8-4-6-11(15)13(16)17/h3,5,7,10-11H,4,6,8H2,1-2H3,(H,16,17). The second-order valence-electron chi connectivity index (χ2n) is 4.62. The van der Waals surface area contributed by atoms with Crippen molar-refractivity contribution in [1.29, 1.82) is 0 Å². The smallest absolute Gasteiger partial charge is 0.320 e. The number of aryl methyl sites for hydroxylation is 1. The normalized spacial score (nSPS) is 22.6. The number of rotatable bonds is 3. The van der Waals surface area contributed by atoms with Crippen LogP contribution in [0.25, 0.3) is 0 Å². The van der Waals surface area contributed by atoms with E-state index >= 15 is 0 Å². The monoisotopic (exact) mass is 234 g/mol. The van der Waals surface area contributed by atoms with Crippen molar-refractivity contribution in [3.05, 3.63) is 29.6 Å². The van der Waals surface area contributed by atoms with Crippen LogP contribution in [0.2, 0.25) is 0 Å². The van der Waals surface area contributed by atoms with E-state index < -0.39 is 5.97 Å². The summed E-state index contributed by atoms with van der Waals surface area (Å²) in [4.78, 5) is 17.6. The number of hydrogen-bond donors (Lipinski definition) is 1. The summed E-state index contributed by atoms with van der Waals surface area (Å²) in [5, 5.41) is 9.19. The Balaban J connectivity index is 2.23. The van der Waals surface area contributed by atoms with Crippen molar-refractivity contribution in [3.63, 3.8) is 0 Å². The zero-order valence-electron chi connectivity index (χ0n) is 10.3. The van der Waals surface area contributed by atoms with Crippen LogP contribution in [-0.4, -0.2) is 33.5 Å². The molecule has 2 rings (SSSR count). The van der Waals surface area contributed by atoms with Gasteiger partial charge in [-0.3, -0.25) is 14.7 Å². The van der Waals surface area contributed by atoms with E-state index in [9.17, 15) is 9.90 Å². The summed E-state index contributed by atoms with van der Waals surface area (Å²) in [6.07, 6.45) is 3.46. The van der Waals surface area contributed by atoms with Crippen LogP contribution in [0.15, 0.2) is 18.3 Å². The van der Waals surface area contributed by atoms with Gasteiger partial charge in [0.15, 0.2) is 0 Å². The Hall–Kier alpha value is -1.42. The maximum Gasteiger partial charge on any atom is 0.320 e. The summed E-state index contributed by atoms with van der Waals surface area (Å²) >= 11 is 0. The molecule has 0 aromatic carbocycles. The summed E-state index contributed by atoms with van der Waals surface area (Å²) in [5.74, 6) is -0.720. The molecular formula is C13H18N2O2. The van der Waals surface area contributed by atoms with Crippen molar-refractivity contribution in [3.8, 4) is 0 Å². The zero-order valence-corrected chi connectivity index (χ0v) is 10.3. The number of likely N-dealkylation sites (tertiary alicyclic amines) is 1. The second-order valence-corrected chi connectivity index (χ2v) is 4.62. The van der Waals surface area contributed by atoms with Crippen LogP contribution in [0.3, 0.4) is 0 Å². The van der Waals surface area contributed by atoms with Gasteiger partial charge in [0.25, 0.3) is 0 Å². The average molecular weight is 234 g/mol. The Bertz CT molecular complexity index is 420. The fourth-order valence-electron chi connectivity index (χ4n) is 2.61. The van der Waals surface area contributed by atoms with Crippen LogP contribution in [0.4, 0.5) is 0 Å². The van der Waals surface area contributed by atoms with E-state index in [-0.39, 0.29) is 12.1 Å². The van der Waals surface area contributed by atoms with E-state index in [0.717, 1.165) is 30.6 Å². The highest BCUT2D eigenvalue weighted by Gasteiger charge is 2.34. The zero-order chi connectivity index (χ0) is 12.4. The molecule has 1 aliphatic rings. The minimum atomic E-state index is -0.720. The summed E-state index contributed by atoms with van der Waals surface area (Å²) in [7, 11) is 0. The van der Waals surface area contributed by atoms with Crippen LogP contribution in [-0.2, 0) is 4.79 Å². The molecule has 2 atom stereocenters. The second kappa shape index (κ2) is 4.84. The molecule has 0 radical (unpaired) electrons. The number of carbonyl (C=O) groups is 1. The van der Waals surface area contributed by atoms with Crippen molar-refractivity contribution in [2.75, 3.05) is 6.54 Å². The van der Waals surface area contributed by atoms with Gasteiger partial charge in [0, 0.05) is 6.20 Å². The summed E-state index contributed by atoms with van der Waals surface area (Å²) in [6.45, 7) is 4.90. The van der Waals surface area contributed by atoms with Crippen molar-refractivity contribution >= 4 is 5.97 Å². The lowest BCUT2D eigenvalue weighted by Gasteiger charge is -2.28. The molecule has 1 aromatic rings. The van der Waals surface area contributed by atoms with Crippen LogP contribution in [0.1, 0.15) is 37.1 Å². The molecule has 2 unspecified atom stereocenters. The SMILES string of the molecule is Cc1cccnc1C(C)N1CCCC1C(=O)O. The Morgan fingerprint density at radius 3 is 3.06 bits per heavy atom. The van der Waals surface area contributed by atoms with E-state index in [1.807, 2.05) is 30.9 Å². The first-order chi connectivity index (χ1) is 8.11. The lowest BCUT2D eigenvalue weighted by molar-refractivity contribution is -0.142. The molecule has 1 aromatic heterocycles. The third-order valence-electron chi connectivity index (χ3n) is 3.52. The van der Waals surface area contributed by atoms with Gasteiger partial charge in [-0.05, 0) is 44.9 Å². The fourth-order valence-corrected chi connectivity index (χ4v) is 2.61. The topological polar surface area (TPSA) is 53.4 Å². The summed E-state index contributed by atoms with van der Waals surface area (Å²) in [5.41, 5.74) is 2.11. The van der Waals surface area contributed by atoms with Gasteiger partial charge in [-0.2, -0.15) is 0 Å². The first-order valence-corrected chi connectivity index (χ1v) is 6.01. The van der Waals surface area contributed by atoms with Gasteiger partial charge >= 0.3 is 5.97 Å². The molecule has 1 aliphatic heterocycles. The maximum absolute atomic E-state index is 11.2. The third-order valence-corrected chi connectivity index (χ3v) is 3.52. The highest BCUT2D eigenvalue weighted by atomic mass is 16.4. The molecule has 0 amide bonds. The van der Waals surface area contributed by atoms with Gasteiger partial charge in [0.05, 0.1) is 11.7 Å². The molecule has 1 fully saturated rings. The Labute approximate surface area is 101 Å². The molecule has 17 heavy (non-hydrogen) atoms. The predicted octanol–water partition coefficient (Wildman–Crippen LogP) is 2.00. The van der Waals surface area contributed by atoms with Crippen molar-refractivity contribution in [2.45, 2.75) is 38.8 Å². The molecule has 92 valence electrons. The molecule has 4 heteroatoms. The van der Waals surface area contributed by atoms with E-state index in [0.29, 0.717) is 0 Å². The van der Waals surface area contributed by atoms with Gasteiger partial charge in [-0.1, -0.05) is 6.07 Å². The molecule has 1 saturated heterocycles. The van der Waals surface area contributed by atoms with E-state index in [1.54, 1.807) is 6.20 Å². The lowest BCUT2D eigenvalue weighted by atomic mass is 10.1. The van der Waals surface area contributed by atoms with Crippen molar-refractivity contribution in [2.24, 2.45) is 0 Å². The molecular weight excluding hydrogens is 216 g/mol. The summed E-state index contributed by atoms with van der Waals surface area (Å²) in [6, 6.07) is 3.64. The molecule has 1 N–H and O–H groups in total. The maximum atomic E-state index is 11.2. The molecule has 4 nitrogen and oxygen atoms in total. The molecule has 0 aliphatic carbocycles. The van der Waals surface area contributed by atoms with E-state index in [2.05, 4.69) is 4.98 Å². The minimum absolute atomic E-state index is 0.0693.